The minimum Gasteiger partial charge on any atom is -0.347 e. The molecule has 2 heterocycles. The molecule has 2 fully saturated rings. The number of piperidine rings is 1. The predicted octanol–water partition coefficient (Wildman–Crippen LogP) is 2.22. The van der Waals surface area contributed by atoms with Gasteiger partial charge in [-0.3, -0.25) is 4.90 Å². The van der Waals surface area contributed by atoms with Crippen molar-refractivity contribution in [3.8, 4) is 0 Å². The molecule has 4 heteroatoms. The number of benzene rings is 1. The van der Waals surface area contributed by atoms with E-state index in [4.69, 9.17) is 15.2 Å². The van der Waals surface area contributed by atoms with Crippen molar-refractivity contribution in [1.29, 1.82) is 0 Å². The standard InChI is InChI=1S/C17H26N2O2/c1-13-3-5-15(6-4-13)16(14(2)18)19-9-7-17(8-10-19)20-11-12-21-17/h3-6,14,16H,7-12,18H2,1-2H3. The molecule has 1 aromatic rings. The van der Waals surface area contributed by atoms with Crippen LogP contribution in [0.1, 0.15) is 36.9 Å². The average Bonchev–Trinajstić information content (AvgIpc) is 2.92. The first-order valence-electron chi connectivity index (χ1n) is 7.94. The highest BCUT2D eigenvalue weighted by molar-refractivity contribution is 5.25. The van der Waals surface area contributed by atoms with Gasteiger partial charge >= 0.3 is 0 Å². The molecule has 2 N–H and O–H groups in total. The summed E-state index contributed by atoms with van der Waals surface area (Å²) in [6, 6.07) is 9.11. The van der Waals surface area contributed by atoms with Crippen LogP contribution in [0.25, 0.3) is 0 Å². The van der Waals surface area contributed by atoms with Crippen LogP contribution in [-0.2, 0) is 9.47 Å². The molecule has 2 saturated heterocycles. The molecule has 0 aromatic heterocycles. The van der Waals surface area contributed by atoms with Gasteiger partial charge in [0.25, 0.3) is 0 Å². The second-order valence-electron chi connectivity index (χ2n) is 6.36. The highest BCUT2D eigenvalue weighted by Gasteiger charge is 2.41. The summed E-state index contributed by atoms with van der Waals surface area (Å²) in [5.74, 6) is -0.313. The van der Waals surface area contributed by atoms with Crippen LogP contribution < -0.4 is 5.73 Å². The number of rotatable bonds is 3. The SMILES string of the molecule is Cc1ccc(C(C(C)N)N2CCC3(CC2)OCCO3)cc1. The van der Waals surface area contributed by atoms with E-state index >= 15 is 0 Å². The lowest BCUT2D eigenvalue weighted by molar-refractivity contribution is -0.188. The van der Waals surface area contributed by atoms with Crippen LogP contribution in [0, 0.1) is 6.92 Å². The quantitative estimate of drug-likeness (QED) is 0.927. The number of likely N-dealkylation sites (tertiary alicyclic amines) is 1. The van der Waals surface area contributed by atoms with E-state index < -0.39 is 0 Å². The third-order valence-corrected chi connectivity index (χ3v) is 4.68. The lowest BCUT2D eigenvalue weighted by Crippen LogP contribution is -2.49. The van der Waals surface area contributed by atoms with Gasteiger partial charge in [-0.25, -0.2) is 0 Å². The van der Waals surface area contributed by atoms with Crippen molar-refractivity contribution in [2.45, 2.75) is 44.6 Å². The summed E-state index contributed by atoms with van der Waals surface area (Å²) in [5.41, 5.74) is 8.87. The highest BCUT2D eigenvalue weighted by atomic mass is 16.7. The minimum atomic E-state index is -0.313. The molecule has 1 aromatic carbocycles. The fourth-order valence-electron chi connectivity index (χ4n) is 3.54. The number of aryl methyl sites for hydroxylation is 1. The summed E-state index contributed by atoms with van der Waals surface area (Å²) < 4.78 is 11.6. The number of hydrogen-bond acceptors (Lipinski definition) is 4. The summed E-state index contributed by atoms with van der Waals surface area (Å²) in [6.07, 6.45) is 1.87. The molecule has 2 aliphatic rings. The predicted molar refractivity (Wildman–Crippen MR) is 83.0 cm³/mol. The smallest absolute Gasteiger partial charge is 0.170 e. The molecular formula is C17H26N2O2. The molecule has 1 spiro atoms. The Bertz CT molecular complexity index is 456. The summed E-state index contributed by atoms with van der Waals surface area (Å²) in [6.45, 7) is 7.62. The van der Waals surface area contributed by atoms with E-state index in [2.05, 4.69) is 43.0 Å². The van der Waals surface area contributed by atoms with Crippen LogP contribution in [0.2, 0.25) is 0 Å². The van der Waals surface area contributed by atoms with Gasteiger partial charge in [-0.2, -0.15) is 0 Å². The Balaban J connectivity index is 1.72. The zero-order chi connectivity index (χ0) is 14.9. The fraction of sp³-hybridized carbons (Fsp3) is 0.647. The van der Waals surface area contributed by atoms with Crippen LogP contribution in [0.15, 0.2) is 24.3 Å². The second kappa shape index (κ2) is 6.05. The molecule has 21 heavy (non-hydrogen) atoms. The zero-order valence-electron chi connectivity index (χ0n) is 13.0. The Morgan fingerprint density at radius 3 is 2.19 bits per heavy atom. The van der Waals surface area contributed by atoms with Crippen LogP contribution in [0.4, 0.5) is 0 Å². The molecular weight excluding hydrogens is 264 g/mol. The van der Waals surface area contributed by atoms with Crippen molar-refractivity contribution < 1.29 is 9.47 Å². The summed E-state index contributed by atoms with van der Waals surface area (Å²) in [5, 5.41) is 0. The molecule has 0 bridgehead atoms. The van der Waals surface area contributed by atoms with Crippen molar-refractivity contribution in [2.75, 3.05) is 26.3 Å². The zero-order valence-corrected chi connectivity index (χ0v) is 13.0. The molecule has 0 aliphatic carbocycles. The summed E-state index contributed by atoms with van der Waals surface area (Å²) >= 11 is 0. The molecule has 2 unspecified atom stereocenters. The van der Waals surface area contributed by atoms with Gasteiger partial charge in [0.1, 0.15) is 0 Å². The summed E-state index contributed by atoms with van der Waals surface area (Å²) in [7, 11) is 0. The van der Waals surface area contributed by atoms with E-state index in [1.807, 2.05) is 0 Å². The maximum absolute atomic E-state index is 6.28. The van der Waals surface area contributed by atoms with E-state index in [1.165, 1.54) is 11.1 Å². The van der Waals surface area contributed by atoms with Gasteiger partial charge in [-0.1, -0.05) is 29.8 Å². The van der Waals surface area contributed by atoms with E-state index in [0.29, 0.717) is 0 Å². The van der Waals surface area contributed by atoms with Crippen molar-refractivity contribution in [3.05, 3.63) is 35.4 Å². The lowest BCUT2D eigenvalue weighted by Gasteiger charge is -2.42. The monoisotopic (exact) mass is 290 g/mol. The Kier molecular flexibility index (Phi) is 4.31. The van der Waals surface area contributed by atoms with Gasteiger partial charge in [0.2, 0.25) is 0 Å². The van der Waals surface area contributed by atoms with E-state index in [1.54, 1.807) is 0 Å². The Labute approximate surface area is 127 Å². The van der Waals surface area contributed by atoms with Crippen molar-refractivity contribution >= 4 is 0 Å². The van der Waals surface area contributed by atoms with Crippen molar-refractivity contribution in [1.82, 2.24) is 4.90 Å². The molecule has 0 saturated carbocycles. The Hall–Kier alpha value is -0.940. The molecule has 116 valence electrons. The van der Waals surface area contributed by atoms with Crippen LogP contribution >= 0.6 is 0 Å². The topological polar surface area (TPSA) is 47.7 Å². The molecule has 3 rings (SSSR count). The number of nitrogens with two attached hydrogens (primary N) is 1. The van der Waals surface area contributed by atoms with Crippen molar-refractivity contribution in [3.63, 3.8) is 0 Å². The third-order valence-electron chi connectivity index (χ3n) is 4.68. The van der Waals surface area contributed by atoms with E-state index in [0.717, 1.165) is 39.1 Å². The van der Waals surface area contributed by atoms with Gasteiger partial charge in [0, 0.05) is 38.0 Å². The minimum absolute atomic E-state index is 0.104. The first-order valence-corrected chi connectivity index (χ1v) is 7.94. The Morgan fingerprint density at radius 2 is 1.67 bits per heavy atom. The molecule has 4 nitrogen and oxygen atoms in total. The maximum Gasteiger partial charge on any atom is 0.170 e. The normalized spacial score (nSPS) is 25.1. The number of hydrogen-bond donors (Lipinski definition) is 1. The highest BCUT2D eigenvalue weighted by Crippen LogP contribution is 2.35. The van der Waals surface area contributed by atoms with Crippen LogP contribution in [-0.4, -0.2) is 43.0 Å². The second-order valence-corrected chi connectivity index (χ2v) is 6.36. The van der Waals surface area contributed by atoms with Gasteiger partial charge in [-0.05, 0) is 19.4 Å². The van der Waals surface area contributed by atoms with Crippen molar-refractivity contribution in [2.24, 2.45) is 5.73 Å². The lowest BCUT2D eigenvalue weighted by atomic mass is 9.94. The third kappa shape index (κ3) is 3.14. The summed E-state index contributed by atoms with van der Waals surface area (Å²) in [4.78, 5) is 2.48. The van der Waals surface area contributed by atoms with E-state index in [9.17, 15) is 0 Å². The van der Waals surface area contributed by atoms with Gasteiger partial charge in [0.05, 0.1) is 13.2 Å². The van der Waals surface area contributed by atoms with Gasteiger partial charge < -0.3 is 15.2 Å². The largest absolute Gasteiger partial charge is 0.347 e. The Morgan fingerprint density at radius 1 is 1.10 bits per heavy atom. The molecule has 2 aliphatic heterocycles. The average molecular weight is 290 g/mol. The maximum atomic E-state index is 6.28. The first-order chi connectivity index (χ1) is 10.1. The van der Waals surface area contributed by atoms with Crippen LogP contribution in [0.5, 0.6) is 0 Å². The number of nitrogens with zero attached hydrogens (tertiary/aromatic N) is 1. The molecule has 0 radical (unpaired) electrons. The molecule has 2 atom stereocenters. The van der Waals surface area contributed by atoms with Gasteiger partial charge in [-0.15, -0.1) is 0 Å². The first kappa shape index (κ1) is 15.0. The molecule has 0 amide bonds. The van der Waals surface area contributed by atoms with Gasteiger partial charge in [0.15, 0.2) is 5.79 Å². The fourth-order valence-corrected chi connectivity index (χ4v) is 3.54. The van der Waals surface area contributed by atoms with E-state index in [-0.39, 0.29) is 17.9 Å². The number of ether oxygens (including phenoxy) is 2. The van der Waals surface area contributed by atoms with Crippen LogP contribution in [0.3, 0.4) is 0 Å².